The summed E-state index contributed by atoms with van der Waals surface area (Å²) in [5.41, 5.74) is 0.0390. The van der Waals surface area contributed by atoms with Gasteiger partial charge in [0.25, 0.3) is 0 Å². The Bertz CT molecular complexity index is 636. The van der Waals surface area contributed by atoms with Gasteiger partial charge in [-0.25, -0.2) is 0 Å². The number of nitrogens with zero attached hydrogens (tertiary/aromatic N) is 4. The number of likely N-dealkylation sites (tertiary alicyclic amines) is 2. The molecule has 1 aromatic rings. The van der Waals surface area contributed by atoms with Crippen LogP contribution in [-0.2, 0) is 20.9 Å². The Morgan fingerprint density at radius 1 is 1.04 bits per heavy atom. The van der Waals surface area contributed by atoms with Crippen LogP contribution >= 0.6 is 0 Å². The zero-order valence-corrected chi connectivity index (χ0v) is 16.0. The summed E-state index contributed by atoms with van der Waals surface area (Å²) in [7, 11) is 0. The van der Waals surface area contributed by atoms with E-state index in [0.717, 1.165) is 51.8 Å². The first kappa shape index (κ1) is 18.5. The fourth-order valence-corrected chi connectivity index (χ4v) is 4.71. The van der Waals surface area contributed by atoms with Crippen molar-refractivity contribution in [1.82, 2.24) is 19.6 Å². The average Bonchev–Trinajstić information content (AvgIpc) is 3.22. The van der Waals surface area contributed by atoms with Gasteiger partial charge in [-0.15, -0.1) is 0 Å². The molecule has 3 aliphatic rings. The molecule has 0 aromatic carbocycles. The van der Waals surface area contributed by atoms with E-state index in [1.807, 2.05) is 15.9 Å². The van der Waals surface area contributed by atoms with Crippen LogP contribution in [-0.4, -0.2) is 69.8 Å². The molecule has 27 heavy (non-hydrogen) atoms. The first-order chi connectivity index (χ1) is 13.2. The average molecular weight is 374 g/mol. The Hall–Kier alpha value is -1.89. The number of piperidine rings is 2. The fourth-order valence-electron chi connectivity index (χ4n) is 4.71. The summed E-state index contributed by atoms with van der Waals surface area (Å²) >= 11 is 0. The zero-order valence-electron chi connectivity index (χ0n) is 16.0. The highest BCUT2D eigenvalue weighted by Crippen LogP contribution is 2.35. The van der Waals surface area contributed by atoms with E-state index in [4.69, 9.17) is 4.74 Å². The van der Waals surface area contributed by atoms with Crippen molar-refractivity contribution < 1.29 is 14.3 Å². The van der Waals surface area contributed by atoms with Gasteiger partial charge in [-0.05, 0) is 51.0 Å². The molecule has 0 bridgehead atoms. The van der Waals surface area contributed by atoms with Crippen LogP contribution in [0.3, 0.4) is 0 Å². The quantitative estimate of drug-likeness (QED) is 0.807. The second-order valence-corrected chi connectivity index (χ2v) is 8.17. The van der Waals surface area contributed by atoms with Crippen molar-refractivity contribution in [2.75, 3.05) is 32.8 Å². The molecule has 0 N–H and O–H groups in total. The Kier molecular flexibility index (Phi) is 5.48. The van der Waals surface area contributed by atoms with Gasteiger partial charge >= 0.3 is 0 Å². The van der Waals surface area contributed by atoms with Crippen molar-refractivity contribution in [3.8, 4) is 0 Å². The van der Waals surface area contributed by atoms with Gasteiger partial charge in [-0.2, -0.15) is 5.10 Å². The van der Waals surface area contributed by atoms with Crippen molar-refractivity contribution >= 4 is 11.8 Å². The van der Waals surface area contributed by atoms with Gasteiger partial charge in [0, 0.05) is 51.1 Å². The molecule has 148 valence electrons. The molecule has 0 radical (unpaired) electrons. The lowest BCUT2D eigenvalue weighted by atomic mass is 9.84. The van der Waals surface area contributed by atoms with E-state index in [1.54, 1.807) is 17.1 Å². The molecule has 1 spiro atoms. The normalized spacial score (nSPS) is 23.6. The van der Waals surface area contributed by atoms with E-state index in [9.17, 15) is 9.59 Å². The lowest BCUT2D eigenvalue weighted by molar-refractivity contribution is -0.149. The van der Waals surface area contributed by atoms with Crippen molar-refractivity contribution in [2.24, 2.45) is 5.92 Å². The van der Waals surface area contributed by atoms with E-state index in [1.165, 1.54) is 12.8 Å². The van der Waals surface area contributed by atoms with Crippen LogP contribution in [0.15, 0.2) is 18.5 Å². The van der Waals surface area contributed by atoms with Crippen molar-refractivity contribution in [2.45, 2.75) is 57.1 Å². The first-order valence-corrected chi connectivity index (χ1v) is 10.3. The molecule has 3 saturated heterocycles. The molecule has 0 saturated carbocycles. The third-order valence-electron chi connectivity index (χ3n) is 6.47. The predicted molar refractivity (Wildman–Crippen MR) is 99.9 cm³/mol. The van der Waals surface area contributed by atoms with E-state index >= 15 is 0 Å². The monoisotopic (exact) mass is 374 g/mol. The molecule has 0 aliphatic carbocycles. The summed E-state index contributed by atoms with van der Waals surface area (Å²) in [4.78, 5) is 29.2. The maximum Gasteiger partial charge on any atom is 0.244 e. The van der Waals surface area contributed by atoms with Crippen LogP contribution in [0.25, 0.3) is 0 Å². The highest BCUT2D eigenvalue weighted by molar-refractivity contribution is 5.80. The minimum atomic E-state index is 0.0390. The molecule has 1 aromatic heterocycles. The molecule has 3 aliphatic heterocycles. The van der Waals surface area contributed by atoms with Crippen LogP contribution in [0.1, 0.15) is 44.9 Å². The lowest BCUT2D eigenvalue weighted by Gasteiger charge is -2.45. The van der Waals surface area contributed by atoms with Gasteiger partial charge in [0.15, 0.2) is 0 Å². The second-order valence-electron chi connectivity index (χ2n) is 8.17. The number of rotatable bonds is 3. The Labute approximate surface area is 160 Å². The predicted octanol–water partition coefficient (Wildman–Crippen LogP) is 1.68. The number of ether oxygens (including phenoxy) is 1. The maximum absolute atomic E-state index is 12.9. The molecule has 3 fully saturated rings. The van der Waals surface area contributed by atoms with Crippen LogP contribution in [0.2, 0.25) is 0 Å². The second kappa shape index (κ2) is 8.00. The van der Waals surface area contributed by atoms with Crippen LogP contribution in [0.4, 0.5) is 0 Å². The van der Waals surface area contributed by atoms with Gasteiger partial charge in [0.2, 0.25) is 11.8 Å². The number of aromatic nitrogens is 2. The van der Waals surface area contributed by atoms with Gasteiger partial charge in [0.1, 0.15) is 6.54 Å². The molecule has 0 atom stereocenters. The Balaban J connectivity index is 1.23. The van der Waals surface area contributed by atoms with Gasteiger partial charge in [0.05, 0.1) is 5.60 Å². The van der Waals surface area contributed by atoms with E-state index in [-0.39, 0.29) is 29.9 Å². The lowest BCUT2D eigenvalue weighted by Crippen LogP contribution is -2.52. The highest BCUT2D eigenvalue weighted by atomic mass is 16.5. The van der Waals surface area contributed by atoms with Crippen LogP contribution in [0, 0.1) is 5.92 Å². The summed E-state index contributed by atoms with van der Waals surface area (Å²) in [5, 5.41) is 4.09. The van der Waals surface area contributed by atoms with Gasteiger partial charge in [-0.3, -0.25) is 14.3 Å². The minimum absolute atomic E-state index is 0.0390. The summed E-state index contributed by atoms with van der Waals surface area (Å²) < 4.78 is 7.72. The fraction of sp³-hybridized carbons (Fsp3) is 0.750. The minimum Gasteiger partial charge on any atom is -0.375 e. The number of amides is 2. The highest BCUT2D eigenvalue weighted by Gasteiger charge is 2.39. The van der Waals surface area contributed by atoms with Gasteiger partial charge < -0.3 is 14.5 Å². The van der Waals surface area contributed by atoms with Crippen molar-refractivity contribution in [3.63, 3.8) is 0 Å². The largest absolute Gasteiger partial charge is 0.375 e. The number of carbonyl (C=O) groups excluding carboxylic acids is 2. The smallest absolute Gasteiger partial charge is 0.244 e. The third kappa shape index (κ3) is 4.18. The summed E-state index contributed by atoms with van der Waals surface area (Å²) in [6.45, 7) is 4.11. The molecular formula is C20H30N4O3. The Morgan fingerprint density at radius 2 is 1.81 bits per heavy atom. The van der Waals surface area contributed by atoms with E-state index in [2.05, 4.69) is 5.10 Å². The maximum atomic E-state index is 12.9. The SMILES string of the molecule is O=C(Cn1cccn1)N1CCC(C(=O)N2CCC3(CCCCO3)CC2)CC1. The standard InChI is InChI=1S/C20H30N4O3/c25-18(16-24-10-3-9-21-24)22-11-4-17(5-12-22)19(26)23-13-7-20(8-14-23)6-1-2-15-27-20/h3,9-10,17H,1-2,4-8,11-16H2. The van der Waals surface area contributed by atoms with Crippen LogP contribution < -0.4 is 0 Å². The third-order valence-corrected chi connectivity index (χ3v) is 6.47. The van der Waals surface area contributed by atoms with E-state index in [0.29, 0.717) is 13.1 Å². The summed E-state index contributed by atoms with van der Waals surface area (Å²) in [6.07, 6.45) is 10.5. The molecule has 0 unspecified atom stereocenters. The van der Waals surface area contributed by atoms with E-state index < -0.39 is 0 Å². The molecule has 7 nitrogen and oxygen atoms in total. The number of hydrogen-bond donors (Lipinski definition) is 0. The zero-order chi connectivity index (χ0) is 18.7. The van der Waals surface area contributed by atoms with Crippen molar-refractivity contribution in [3.05, 3.63) is 18.5 Å². The molecule has 4 heterocycles. The molecule has 7 heteroatoms. The first-order valence-electron chi connectivity index (χ1n) is 10.3. The van der Waals surface area contributed by atoms with Crippen molar-refractivity contribution in [1.29, 1.82) is 0 Å². The summed E-state index contributed by atoms with van der Waals surface area (Å²) in [5.74, 6) is 0.416. The molecular weight excluding hydrogens is 344 g/mol. The molecule has 4 rings (SSSR count). The van der Waals surface area contributed by atoms with Gasteiger partial charge in [-0.1, -0.05) is 0 Å². The molecule has 2 amide bonds. The topological polar surface area (TPSA) is 67.7 Å². The number of hydrogen-bond acceptors (Lipinski definition) is 4. The van der Waals surface area contributed by atoms with Crippen LogP contribution in [0.5, 0.6) is 0 Å². The number of carbonyl (C=O) groups is 2. The Morgan fingerprint density at radius 3 is 2.44 bits per heavy atom. The summed E-state index contributed by atoms with van der Waals surface area (Å²) in [6, 6.07) is 1.82.